The van der Waals surface area contributed by atoms with Crippen LogP contribution in [0, 0.1) is 5.82 Å². The third-order valence-corrected chi connectivity index (χ3v) is 3.45. The van der Waals surface area contributed by atoms with E-state index in [0.29, 0.717) is 11.3 Å². The van der Waals surface area contributed by atoms with Gasteiger partial charge in [-0.2, -0.15) is 0 Å². The molecule has 0 saturated heterocycles. The first-order chi connectivity index (χ1) is 9.76. The number of benzene rings is 1. The third-order valence-electron chi connectivity index (χ3n) is 3.45. The van der Waals surface area contributed by atoms with E-state index in [1.165, 1.54) is 12.4 Å². The summed E-state index contributed by atoms with van der Waals surface area (Å²) in [6, 6.07) is 4.94. The van der Waals surface area contributed by atoms with Crippen LogP contribution in [0.1, 0.15) is 20.3 Å². The predicted octanol–water partition coefficient (Wildman–Crippen LogP) is 2.91. The number of aromatic nitrogens is 2. The second-order valence-corrected chi connectivity index (χ2v) is 4.67. The van der Waals surface area contributed by atoms with Crippen LogP contribution in [-0.4, -0.2) is 41.0 Å². The highest BCUT2D eigenvalue weighted by Crippen LogP contribution is 2.20. The molecule has 2 aromatic rings. The molecular formula is C15H21FN4. The minimum absolute atomic E-state index is 0.309. The smallest absolute Gasteiger partial charge is 0.149 e. The van der Waals surface area contributed by atoms with Crippen LogP contribution < -0.4 is 5.32 Å². The minimum Gasteiger partial charge on any atom is -0.369 e. The second-order valence-electron chi connectivity index (χ2n) is 4.67. The van der Waals surface area contributed by atoms with Gasteiger partial charge in [0.05, 0.1) is 0 Å². The molecule has 0 saturated carbocycles. The van der Waals surface area contributed by atoms with Gasteiger partial charge in [-0.25, -0.2) is 14.4 Å². The summed E-state index contributed by atoms with van der Waals surface area (Å²) < 4.78 is 13.6. The highest BCUT2D eigenvalue weighted by molar-refractivity contribution is 5.89. The lowest BCUT2D eigenvalue weighted by atomic mass is 10.2. The van der Waals surface area contributed by atoms with E-state index in [2.05, 4.69) is 34.0 Å². The standard InChI is InChI=1S/C15H21FN4/c1-3-20(4-2)10-6-9-17-15-12-7-5-8-13(16)14(12)18-11-19-15/h5,7-8,11H,3-4,6,9-10H2,1-2H3,(H,17,18,19). The molecule has 5 heteroatoms. The maximum atomic E-state index is 13.6. The molecule has 0 amide bonds. The normalized spacial score (nSPS) is 11.2. The Morgan fingerprint density at radius 1 is 1.20 bits per heavy atom. The maximum absolute atomic E-state index is 13.6. The van der Waals surface area contributed by atoms with Crippen molar-refractivity contribution in [2.45, 2.75) is 20.3 Å². The van der Waals surface area contributed by atoms with Gasteiger partial charge in [-0.05, 0) is 38.2 Å². The van der Waals surface area contributed by atoms with E-state index in [9.17, 15) is 4.39 Å². The topological polar surface area (TPSA) is 41.0 Å². The maximum Gasteiger partial charge on any atom is 0.149 e. The third kappa shape index (κ3) is 3.42. The lowest BCUT2D eigenvalue weighted by Gasteiger charge is -2.18. The Balaban J connectivity index is 1.98. The van der Waals surface area contributed by atoms with Crippen LogP contribution in [-0.2, 0) is 0 Å². The van der Waals surface area contributed by atoms with Crippen molar-refractivity contribution in [3.63, 3.8) is 0 Å². The number of nitrogens with zero attached hydrogens (tertiary/aromatic N) is 3. The lowest BCUT2D eigenvalue weighted by molar-refractivity contribution is 0.303. The van der Waals surface area contributed by atoms with Crippen molar-refractivity contribution in [1.29, 1.82) is 0 Å². The Morgan fingerprint density at radius 3 is 2.75 bits per heavy atom. The van der Waals surface area contributed by atoms with Crippen LogP contribution >= 0.6 is 0 Å². The molecule has 0 unspecified atom stereocenters. The summed E-state index contributed by atoms with van der Waals surface area (Å²) in [5, 5.41) is 4.01. The lowest BCUT2D eigenvalue weighted by Crippen LogP contribution is -2.25. The first-order valence-electron chi connectivity index (χ1n) is 7.11. The number of halogens is 1. The van der Waals surface area contributed by atoms with Crippen LogP contribution in [0.25, 0.3) is 10.9 Å². The summed E-state index contributed by atoms with van der Waals surface area (Å²) >= 11 is 0. The van der Waals surface area contributed by atoms with E-state index < -0.39 is 0 Å². The zero-order valence-corrected chi connectivity index (χ0v) is 12.1. The van der Waals surface area contributed by atoms with E-state index in [4.69, 9.17) is 0 Å². The summed E-state index contributed by atoms with van der Waals surface area (Å²) in [5.74, 6) is 0.394. The predicted molar refractivity (Wildman–Crippen MR) is 80.4 cm³/mol. The second kappa shape index (κ2) is 7.14. The van der Waals surface area contributed by atoms with E-state index >= 15 is 0 Å². The van der Waals surface area contributed by atoms with Crippen LogP contribution in [0.3, 0.4) is 0 Å². The number of anilines is 1. The molecule has 0 aliphatic rings. The monoisotopic (exact) mass is 276 g/mol. The molecule has 0 aliphatic carbocycles. The molecule has 20 heavy (non-hydrogen) atoms. The van der Waals surface area contributed by atoms with Gasteiger partial charge in [0.15, 0.2) is 0 Å². The molecule has 1 aromatic heterocycles. The van der Waals surface area contributed by atoms with Crippen molar-refractivity contribution in [2.75, 3.05) is 31.5 Å². The van der Waals surface area contributed by atoms with Gasteiger partial charge in [0.2, 0.25) is 0 Å². The quantitative estimate of drug-likeness (QED) is 0.789. The van der Waals surface area contributed by atoms with Gasteiger partial charge in [-0.3, -0.25) is 0 Å². The Bertz CT molecular complexity index is 555. The van der Waals surface area contributed by atoms with Crippen molar-refractivity contribution in [3.8, 4) is 0 Å². The summed E-state index contributed by atoms with van der Waals surface area (Å²) in [6.45, 7) is 8.34. The molecule has 0 bridgehead atoms. The molecule has 0 atom stereocenters. The highest BCUT2D eigenvalue weighted by atomic mass is 19.1. The molecule has 4 nitrogen and oxygen atoms in total. The molecule has 2 rings (SSSR count). The molecule has 1 aromatic carbocycles. The SMILES string of the molecule is CCN(CC)CCCNc1ncnc2c(F)cccc12. The summed E-state index contributed by atoms with van der Waals surface area (Å²) in [4.78, 5) is 10.6. The first kappa shape index (κ1) is 14.7. The molecule has 1 N–H and O–H groups in total. The van der Waals surface area contributed by atoms with Crippen molar-refractivity contribution in [3.05, 3.63) is 30.3 Å². The molecular weight excluding hydrogens is 255 g/mol. The van der Waals surface area contributed by atoms with Gasteiger partial charge in [0, 0.05) is 11.9 Å². The number of hydrogen-bond acceptors (Lipinski definition) is 4. The van der Waals surface area contributed by atoms with Gasteiger partial charge in [-0.1, -0.05) is 19.9 Å². The first-order valence-corrected chi connectivity index (χ1v) is 7.11. The van der Waals surface area contributed by atoms with Crippen LogP contribution in [0.2, 0.25) is 0 Å². The van der Waals surface area contributed by atoms with E-state index in [1.807, 2.05) is 6.07 Å². The Morgan fingerprint density at radius 2 is 2.00 bits per heavy atom. The van der Waals surface area contributed by atoms with Gasteiger partial charge in [0.1, 0.15) is 23.5 Å². The van der Waals surface area contributed by atoms with Crippen LogP contribution in [0.5, 0.6) is 0 Å². The summed E-state index contributed by atoms with van der Waals surface area (Å²) in [6.07, 6.45) is 2.43. The Labute approximate surface area is 119 Å². The number of fused-ring (bicyclic) bond motifs is 1. The van der Waals surface area contributed by atoms with Gasteiger partial charge < -0.3 is 10.2 Å². The zero-order valence-electron chi connectivity index (χ0n) is 12.1. The Kier molecular flexibility index (Phi) is 5.24. The Hall–Kier alpha value is -1.75. The zero-order chi connectivity index (χ0) is 14.4. The fourth-order valence-electron chi connectivity index (χ4n) is 2.24. The van der Waals surface area contributed by atoms with Crippen LogP contribution in [0.15, 0.2) is 24.5 Å². The van der Waals surface area contributed by atoms with Gasteiger partial charge >= 0.3 is 0 Å². The van der Waals surface area contributed by atoms with Crippen molar-refractivity contribution in [2.24, 2.45) is 0 Å². The fourth-order valence-corrected chi connectivity index (χ4v) is 2.24. The van der Waals surface area contributed by atoms with Crippen molar-refractivity contribution in [1.82, 2.24) is 14.9 Å². The number of para-hydroxylation sites is 1. The molecule has 0 radical (unpaired) electrons. The average Bonchev–Trinajstić information content (AvgIpc) is 2.48. The van der Waals surface area contributed by atoms with Gasteiger partial charge in [-0.15, -0.1) is 0 Å². The van der Waals surface area contributed by atoms with E-state index in [0.717, 1.165) is 38.0 Å². The molecule has 0 fully saturated rings. The summed E-state index contributed by atoms with van der Waals surface area (Å²) in [7, 11) is 0. The molecule has 108 valence electrons. The molecule has 0 spiro atoms. The fraction of sp³-hybridized carbons (Fsp3) is 0.467. The highest BCUT2D eigenvalue weighted by Gasteiger charge is 2.06. The van der Waals surface area contributed by atoms with Gasteiger partial charge in [0.25, 0.3) is 0 Å². The molecule has 1 heterocycles. The summed E-state index contributed by atoms with van der Waals surface area (Å²) in [5.41, 5.74) is 0.369. The minimum atomic E-state index is -0.309. The van der Waals surface area contributed by atoms with E-state index in [1.54, 1.807) is 6.07 Å². The van der Waals surface area contributed by atoms with Crippen molar-refractivity contribution >= 4 is 16.7 Å². The largest absolute Gasteiger partial charge is 0.369 e. The number of nitrogens with one attached hydrogen (secondary N) is 1. The van der Waals surface area contributed by atoms with Crippen LogP contribution in [0.4, 0.5) is 10.2 Å². The number of hydrogen-bond donors (Lipinski definition) is 1. The average molecular weight is 276 g/mol. The molecule has 0 aliphatic heterocycles. The van der Waals surface area contributed by atoms with E-state index in [-0.39, 0.29) is 5.82 Å². The van der Waals surface area contributed by atoms with Crippen molar-refractivity contribution < 1.29 is 4.39 Å². The number of rotatable bonds is 7.